The molecule has 0 bridgehead atoms. The molecule has 1 fully saturated rings. The molecule has 2 aliphatic rings. The van der Waals surface area contributed by atoms with Gasteiger partial charge in [0.1, 0.15) is 11.9 Å². The number of likely N-dealkylation sites (tertiary alicyclic amines) is 1. The summed E-state index contributed by atoms with van der Waals surface area (Å²) in [6, 6.07) is -0.260. The molecule has 2 atom stereocenters. The third-order valence-electron chi connectivity index (χ3n) is 4.42. The topological polar surface area (TPSA) is 47.4 Å². The van der Waals surface area contributed by atoms with E-state index < -0.39 is 0 Å². The van der Waals surface area contributed by atoms with E-state index in [1.54, 1.807) is 0 Å². The molecule has 2 aliphatic heterocycles. The zero-order valence-electron chi connectivity index (χ0n) is 11.9. The zero-order chi connectivity index (χ0) is 14.3. The number of hydrogen-bond donors (Lipinski definition) is 0. The smallest absolute Gasteiger partial charge is 0.328 e. The average Bonchev–Trinajstić information content (AvgIpc) is 3.02. The lowest BCUT2D eigenvalue weighted by Crippen LogP contribution is -2.28. The van der Waals surface area contributed by atoms with Gasteiger partial charge < -0.3 is 14.2 Å². The summed E-state index contributed by atoms with van der Waals surface area (Å²) in [7, 11) is 3.55. The number of esters is 1. The Morgan fingerprint density at radius 1 is 1.45 bits per heavy atom. The van der Waals surface area contributed by atoms with Crippen LogP contribution in [0.15, 0.2) is 0 Å². The maximum atomic E-state index is 12.0. The number of nitrogens with zero attached hydrogens (tertiary/aromatic N) is 3. The summed E-state index contributed by atoms with van der Waals surface area (Å²) < 4.78 is 7.01. The van der Waals surface area contributed by atoms with E-state index in [1.807, 2.05) is 0 Å². The Morgan fingerprint density at radius 3 is 2.90 bits per heavy atom. The highest BCUT2D eigenvalue weighted by Crippen LogP contribution is 2.36. The highest BCUT2D eigenvalue weighted by molar-refractivity contribution is 6.30. The third-order valence-corrected chi connectivity index (χ3v) is 4.72. The first-order valence-corrected chi connectivity index (χ1v) is 7.52. The number of rotatable bonds is 2. The molecular formula is C14H20ClN3O2. The standard InChI is InChI=1S/C14H20ClN3O2/c1-17-7-6-9(8-17)13-16-12(15)10-4-3-5-11(18(10)13)14(19)20-2/h9,11H,3-8H2,1-2H3. The molecule has 1 aromatic rings. The maximum absolute atomic E-state index is 12.0. The molecule has 0 saturated carbocycles. The number of carbonyl (C=O) groups is 1. The fourth-order valence-electron chi connectivity index (χ4n) is 3.41. The van der Waals surface area contributed by atoms with E-state index in [4.69, 9.17) is 16.3 Å². The van der Waals surface area contributed by atoms with Crippen molar-refractivity contribution in [1.29, 1.82) is 0 Å². The molecular weight excluding hydrogens is 278 g/mol. The Morgan fingerprint density at radius 2 is 2.25 bits per heavy atom. The minimum Gasteiger partial charge on any atom is -0.467 e. The van der Waals surface area contributed by atoms with E-state index >= 15 is 0 Å². The second-order valence-electron chi connectivity index (χ2n) is 5.76. The first-order chi connectivity index (χ1) is 9.61. The molecule has 0 radical (unpaired) electrons. The number of likely N-dealkylation sites (N-methyl/N-ethyl adjacent to an activating group) is 1. The van der Waals surface area contributed by atoms with Gasteiger partial charge in [0.15, 0.2) is 5.15 Å². The maximum Gasteiger partial charge on any atom is 0.328 e. The molecule has 3 rings (SSSR count). The van der Waals surface area contributed by atoms with Gasteiger partial charge in [0.25, 0.3) is 0 Å². The zero-order valence-corrected chi connectivity index (χ0v) is 12.7. The summed E-state index contributed by atoms with van der Waals surface area (Å²) in [5.41, 5.74) is 0.998. The van der Waals surface area contributed by atoms with Gasteiger partial charge in [-0.05, 0) is 39.3 Å². The van der Waals surface area contributed by atoms with Crippen LogP contribution >= 0.6 is 11.6 Å². The van der Waals surface area contributed by atoms with Crippen LogP contribution in [0, 0.1) is 0 Å². The number of fused-ring (bicyclic) bond motifs is 1. The number of hydrogen-bond acceptors (Lipinski definition) is 4. The minimum absolute atomic E-state index is 0.187. The van der Waals surface area contributed by atoms with Gasteiger partial charge >= 0.3 is 5.97 Å². The van der Waals surface area contributed by atoms with Gasteiger partial charge in [0.05, 0.1) is 12.8 Å². The van der Waals surface area contributed by atoms with E-state index in [0.717, 1.165) is 50.3 Å². The normalized spacial score (nSPS) is 26.6. The van der Waals surface area contributed by atoms with Crippen molar-refractivity contribution >= 4 is 17.6 Å². The van der Waals surface area contributed by atoms with E-state index in [2.05, 4.69) is 21.5 Å². The van der Waals surface area contributed by atoms with Crippen LogP contribution in [-0.4, -0.2) is 47.7 Å². The van der Waals surface area contributed by atoms with Gasteiger partial charge in [-0.15, -0.1) is 0 Å². The van der Waals surface area contributed by atoms with Gasteiger partial charge in [0.2, 0.25) is 0 Å². The first kappa shape index (κ1) is 13.9. The van der Waals surface area contributed by atoms with Gasteiger partial charge in [0, 0.05) is 12.5 Å². The van der Waals surface area contributed by atoms with Gasteiger partial charge in [-0.25, -0.2) is 9.78 Å². The van der Waals surface area contributed by atoms with Crippen molar-refractivity contribution in [3.63, 3.8) is 0 Å². The number of aromatic nitrogens is 2. The lowest BCUT2D eigenvalue weighted by molar-refractivity contribution is -0.145. The highest BCUT2D eigenvalue weighted by atomic mass is 35.5. The lowest BCUT2D eigenvalue weighted by Gasteiger charge is -2.26. The predicted molar refractivity (Wildman–Crippen MR) is 76.1 cm³/mol. The van der Waals surface area contributed by atoms with E-state index in [9.17, 15) is 4.79 Å². The summed E-state index contributed by atoms with van der Waals surface area (Å²) >= 11 is 6.29. The molecule has 0 spiro atoms. The van der Waals surface area contributed by atoms with Crippen molar-refractivity contribution in [2.45, 2.75) is 37.6 Å². The second kappa shape index (κ2) is 5.37. The van der Waals surface area contributed by atoms with Gasteiger partial charge in [-0.3, -0.25) is 0 Å². The summed E-state index contributed by atoms with van der Waals surface area (Å²) in [4.78, 5) is 18.9. The molecule has 20 heavy (non-hydrogen) atoms. The number of carbonyl (C=O) groups excluding carboxylic acids is 1. The second-order valence-corrected chi connectivity index (χ2v) is 6.11. The number of ether oxygens (including phenoxy) is 1. The van der Waals surface area contributed by atoms with Crippen LogP contribution in [-0.2, 0) is 16.0 Å². The summed E-state index contributed by atoms with van der Waals surface area (Å²) in [6.07, 6.45) is 3.72. The Hall–Kier alpha value is -1.07. The van der Waals surface area contributed by atoms with Crippen LogP contribution in [0.4, 0.5) is 0 Å². The van der Waals surface area contributed by atoms with Gasteiger partial charge in [-0.2, -0.15) is 0 Å². The van der Waals surface area contributed by atoms with Crippen LogP contribution in [0.2, 0.25) is 5.15 Å². The Kier molecular flexibility index (Phi) is 3.73. The fourth-order valence-corrected chi connectivity index (χ4v) is 3.69. The quantitative estimate of drug-likeness (QED) is 0.784. The monoisotopic (exact) mass is 297 g/mol. The average molecular weight is 298 g/mol. The van der Waals surface area contributed by atoms with Crippen LogP contribution in [0.1, 0.15) is 42.7 Å². The Bertz CT molecular complexity index is 529. The Balaban J connectivity index is 2.01. The van der Waals surface area contributed by atoms with E-state index in [-0.39, 0.29) is 12.0 Å². The van der Waals surface area contributed by atoms with Crippen LogP contribution < -0.4 is 0 Å². The molecule has 1 saturated heterocycles. The molecule has 1 aromatic heterocycles. The van der Waals surface area contributed by atoms with Crippen molar-refractivity contribution < 1.29 is 9.53 Å². The van der Waals surface area contributed by atoms with Crippen molar-refractivity contribution in [1.82, 2.24) is 14.5 Å². The van der Waals surface area contributed by atoms with Crippen molar-refractivity contribution in [3.8, 4) is 0 Å². The largest absolute Gasteiger partial charge is 0.467 e. The van der Waals surface area contributed by atoms with Crippen molar-refractivity contribution in [3.05, 3.63) is 16.7 Å². The van der Waals surface area contributed by atoms with Crippen LogP contribution in [0.25, 0.3) is 0 Å². The molecule has 0 amide bonds. The fraction of sp³-hybridized carbons (Fsp3) is 0.714. The molecule has 0 N–H and O–H groups in total. The Labute approximate surface area is 123 Å². The number of imidazole rings is 1. The molecule has 3 heterocycles. The first-order valence-electron chi connectivity index (χ1n) is 7.14. The predicted octanol–water partition coefficient (Wildman–Crippen LogP) is 2.01. The molecule has 2 unspecified atom stereocenters. The third kappa shape index (κ3) is 2.23. The SMILES string of the molecule is COC(=O)C1CCCc2c(Cl)nc(C3CCN(C)C3)n21. The number of halogens is 1. The lowest BCUT2D eigenvalue weighted by atomic mass is 10.0. The van der Waals surface area contributed by atoms with Crippen LogP contribution in [0.5, 0.6) is 0 Å². The highest BCUT2D eigenvalue weighted by Gasteiger charge is 2.35. The summed E-state index contributed by atoms with van der Waals surface area (Å²) in [6.45, 7) is 2.04. The van der Waals surface area contributed by atoms with E-state index in [0.29, 0.717) is 11.1 Å². The molecule has 5 nitrogen and oxygen atoms in total. The summed E-state index contributed by atoms with van der Waals surface area (Å²) in [5, 5.41) is 0.558. The van der Waals surface area contributed by atoms with Crippen molar-refractivity contribution in [2.75, 3.05) is 27.2 Å². The van der Waals surface area contributed by atoms with E-state index in [1.165, 1.54) is 7.11 Å². The molecule has 0 aromatic carbocycles. The van der Waals surface area contributed by atoms with Crippen molar-refractivity contribution in [2.24, 2.45) is 0 Å². The molecule has 110 valence electrons. The molecule has 6 heteroatoms. The number of methoxy groups -OCH3 is 1. The van der Waals surface area contributed by atoms with Gasteiger partial charge in [-0.1, -0.05) is 11.6 Å². The minimum atomic E-state index is -0.260. The summed E-state index contributed by atoms with van der Waals surface area (Å²) in [5.74, 6) is 1.13. The van der Waals surface area contributed by atoms with Crippen LogP contribution in [0.3, 0.4) is 0 Å². The molecule has 0 aliphatic carbocycles.